The molecule has 1 fully saturated rings. The largest absolute Gasteiger partial charge is 0.378 e. The molecule has 0 spiro atoms. The standard InChI is InChI=1S/C10H13N5O/c11-10-13-7-1-2-12-8(7)9(14-10)15-3-5-16-6-4-15/h1-2,12H,3-6H2,(H2,11,13,14). The maximum atomic E-state index is 5.70. The highest BCUT2D eigenvalue weighted by molar-refractivity contribution is 5.87. The fourth-order valence-electron chi connectivity index (χ4n) is 1.95. The Bertz CT molecular complexity index is 503. The van der Waals surface area contributed by atoms with E-state index in [1.807, 2.05) is 12.3 Å². The van der Waals surface area contributed by atoms with Gasteiger partial charge in [-0.05, 0) is 6.07 Å². The highest BCUT2D eigenvalue weighted by atomic mass is 16.5. The molecule has 1 saturated heterocycles. The summed E-state index contributed by atoms with van der Waals surface area (Å²) in [5, 5.41) is 0. The Labute approximate surface area is 92.4 Å². The van der Waals surface area contributed by atoms with Gasteiger partial charge in [-0.1, -0.05) is 0 Å². The van der Waals surface area contributed by atoms with Crippen LogP contribution in [0.1, 0.15) is 0 Å². The van der Waals surface area contributed by atoms with E-state index in [0.717, 1.165) is 43.2 Å². The molecule has 0 aromatic carbocycles. The van der Waals surface area contributed by atoms with Crippen molar-refractivity contribution >= 4 is 22.8 Å². The predicted octanol–water partition coefficient (Wildman–Crippen LogP) is 0.377. The fraction of sp³-hybridized carbons (Fsp3) is 0.400. The van der Waals surface area contributed by atoms with Crippen LogP contribution in [0, 0.1) is 0 Å². The van der Waals surface area contributed by atoms with Crippen LogP contribution in [0.4, 0.5) is 11.8 Å². The molecule has 2 aromatic rings. The van der Waals surface area contributed by atoms with Crippen molar-refractivity contribution in [2.45, 2.75) is 0 Å². The van der Waals surface area contributed by atoms with Crippen LogP contribution in [-0.2, 0) is 4.74 Å². The summed E-state index contributed by atoms with van der Waals surface area (Å²) in [5.41, 5.74) is 7.49. The van der Waals surface area contributed by atoms with Crippen molar-refractivity contribution in [3.05, 3.63) is 12.3 Å². The Balaban J connectivity index is 2.09. The van der Waals surface area contributed by atoms with Crippen molar-refractivity contribution in [3.63, 3.8) is 0 Å². The number of nitrogens with one attached hydrogen (secondary N) is 1. The third-order valence-electron chi connectivity index (χ3n) is 2.71. The van der Waals surface area contributed by atoms with Crippen LogP contribution >= 0.6 is 0 Å². The number of anilines is 2. The van der Waals surface area contributed by atoms with Crippen molar-refractivity contribution in [2.75, 3.05) is 36.9 Å². The molecule has 0 atom stereocenters. The molecule has 0 amide bonds. The van der Waals surface area contributed by atoms with Gasteiger partial charge in [-0.3, -0.25) is 0 Å². The van der Waals surface area contributed by atoms with Gasteiger partial charge in [0, 0.05) is 19.3 Å². The Hall–Kier alpha value is -1.82. The zero-order chi connectivity index (χ0) is 11.0. The number of hydrogen-bond donors (Lipinski definition) is 2. The first kappa shape index (κ1) is 9.41. The second-order valence-electron chi connectivity index (χ2n) is 3.74. The van der Waals surface area contributed by atoms with E-state index in [0.29, 0.717) is 5.95 Å². The molecule has 0 radical (unpaired) electrons. The van der Waals surface area contributed by atoms with E-state index in [1.165, 1.54) is 0 Å². The number of aromatic nitrogens is 3. The summed E-state index contributed by atoms with van der Waals surface area (Å²) in [5.74, 6) is 1.18. The van der Waals surface area contributed by atoms with E-state index in [4.69, 9.17) is 10.5 Å². The number of nitrogen functional groups attached to an aromatic ring is 1. The first-order valence-corrected chi connectivity index (χ1v) is 5.28. The highest BCUT2D eigenvalue weighted by Crippen LogP contribution is 2.23. The average Bonchev–Trinajstić information content (AvgIpc) is 2.77. The third kappa shape index (κ3) is 1.47. The van der Waals surface area contributed by atoms with E-state index in [1.54, 1.807) is 0 Å². The van der Waals surface area contributed by atoms with Gasteiger partial charge in [0.15, 0.2) is 5.82 Å². The van der Waals surface area contributed by atoms with Gasteiger partial charge >= 0.3 is 0 Å². The number of hydrogen-bond acceptors (Lipinski definition) is 5. The smallest absolute Gasteiger partial charge is 0.222 e. The van der Waals surface area contributed by atoms with Crippen LogP contribution < -0.4 is 10.6 Å². The number of rotatable bonds is 1. The lowest BCUT2D eigenvalue weighted by atomic mass is 10.3. The minimum atomic E-state index is 0.314. The quantitative estimate of drug-likeness (QED) is 0.724. The van der Waals surface area contributed by atoms with Gasteiger partial charge in [0.05, 0.1) is 18.7 Å². The summed E-state index contributed by atoms with van der Waals surface area (Å²) in [4.78, 5) is 13.8. The van der Waals surface area contributed by atoms with Crippen molar-refractivity contribution in [1.82, 2.24) is 15.0 Å². The molecule has 1 aliphatic rings. The van der Waals surface area contributed by atoms with Crippen LogP contribution in [0.2, 0.25) is 0 Å². The number of morpholine rings is 1. The number of aromatic amines is 1. The number of fused-ring (bicyclic) bond motifs is 1. The molecular formula is C10H13N5O. The molecule has 0 unspecified atom stereocenters. The highest BCUT2D eigenvalue weighted by Gasteiger charge is 2.17. The summed E-state index contributed by atoms with van der Waals surface area (Å²) in [6.45, 7) is 3.13. The lowest BCUT2D eigenvalue weighted by molar-refractivity contribution is 0.122. The zero-order valence-electron chi connectivity index (χ0n) is 8.81. The fourth-order valence-corrected chi connectivity index (χ4v) is 1.95. The number of nitrogens with zero attached hydrogens (tertiary/aromatic N) is 3. The zero-order valence-corrected chi connectivity index (χ0v) is 8.81. The molecule has 84 valence electrons. The van der Waals surface area contributed by atoms with Gasteiger partial charge in [0.2, 0.25) is 5.95 Å². The van der Waals surface area contributed by atoms with Gasteiger partial charge in [-0.15, -0.1) is 0 Å². The number of H-pyrrole nitrogens is 1. The van der Waals surface area contributed by atoms with Crippen LogP contribution in [0.25, 0.3) is 11.0 Å². The monoisotopic (exact) mass is 219 g/mol. The molecule has 0 bridgehead atoms. The van der Waals surface area contributed by atoms with E-state index in [9.17, 15) is 0 Å². The average molecular weight is 219 g/mol. The normalized spacial score (nSPS) is 16.9. The molecule has 1 aliphatic heterocycles. The van der Waals surface area contributed by atoms with E-state index in [-0.39, 0.29) is 0 Å². The first-order chi connectivity index (χ1) is 7.84. The molecule has 3 N–H and O–H groups in total. The van der Waals surface area contributed by atoms with E-state index in [2.05, 4.69) is 19.9 Å². The van der Waals surface area contributed by atoms with Crippen molar-refractivity contribution in [2.24, 2.45) is 0 Å². The Morgan fingerprint density at radius 1 is 1.31 bits per heavy atom. The van der Waals surface area contributed by atoms with Gasteiger partial charge in [0.25, 0.3) is 0 Å². The maximum Gasteiger partial charge on any atom is 0.222 e. The molecule has 3 rings (SSSR count). The molecule has 16 heavy (non-hydrogen) atoms. The van der Waals surface area contributed by atoms with Gasteiger partial charge in [-0.25, -0.2) is 4.98 Å². The van der Waals surface area contributed by atoms with E-state index < -0.39 is 0 Å². The van der Waals surface area contributed by atoms with Gasteiger partial charge in [0.1, 0.15) is 5.52 Å². The topological polar surface area (TPSA) is 80.1 Å². The van der Waals surface area contributed by atoms with Crippen LogP contribution in [0.15, 0.2) is 12.3 Å². The molecule has 6 heteroatoms. The molecule has 3 heterocycles. The molecule has 0 saturated carbocycles. The summed E-state index contributed by atoms with van der Waals surface area (Å²) in [6, 6.07) is 1.90. The lowest BCUT2D eigenvalue weighted by Gasteiger charge is -2.28. The van der Waals surface area contributed by atoms with Crippen molar-refractivity contribution in [3.8, 4) is 0 Å². The summed E-state index contributed by atoms with van der Waals surface area (Å²) < 4.78 is 5.32. The van der Waals surface area contributed by atoms with Crippen LogP contribution in [-0.4, -0.2) is 41.3 Å². The second kappa shape index (κ2) is 3.64. The van der Waals surface area contributed by atoms with Crippen molar-refractivity contribution < 1.29 is 4.74 Å². The number of ether oxygens (including phenoxy) is 1. The Morgan fingerprint density at radius 2 is 2.12 bits per heavy atom. The second-order valence-corrected chi connectivity index (χ2v) is 3.74. The lowest BCUT2D eigenvalue weighted by Crippen LogP contribution is -2.37. The predicted molar refractivity (Wildman–Crippen MR) is 61.3 cm³/mol. The van der Waals surface area contributed by atoms with Crippen molar-refractivity contribution in [1.29, 1.82) is 0 Å². The Kier molecular flexibility index (Phi) is 2.14. The third-order valence-corrected chi connectivity index (χ3v) is 2.71. The minimum Gasteiger partial charge on any atom is -0.378 e. The first-order valence-electron chi connectivity index (χ1n) is 5.28. The Morgan fingerprint density at radius 3 is 2.94 bits per heavy atom. The van der Waals surface area contributed by atoms with E-state index >= 15 is 0 Å². The van der Waals surface area contributed by atoms with Gasteiger partial charge < -0.3 is 20.4 Å². The molecule has 0 aliphatic carbocycles. The van der Waals surface area contributed by atoms with Gasteiger partial charge in [-0.2, -0.15) is 4.98 Å². The van der Waals surface area contributed by atoms with Crippen LogP contribution in [0.3, 0.4) is 0 Å². The number of nitrogens with two attached hydrogens (primary N) is 1. The summed E-state index contributed by atoms with van der Waals surface area (Å²) in [6.07, 6.45) is 1.85. The molecular weight excluding hydrogens is 206 g/mol. The van der Waals surface area contributed by atoms with Crippen LogP contribution in [0.5, 0.6) is 0 Å². The SMILES string of the molecule is Nc1nc(N2CCOCC2)c2[nH]ccc2n1. The summed E-state index contributed by atoms with van der Waals surface area (Å²) in [7, 11) is 0. The maximum absolute atomic E-state index is 5.70. The minimum absolute atomic E-state index is 0.314. The molecule has 2 aromatic heterocycles. The summed E-state index contributed by atoms with van der Waals surface area (Å²) >= 11 is 0. The molecule has 6 nitrogen and oxygen atoms in total.